The number of nitrogens with zero attached hydrogens (tertiary/aromatic N) is 2. The van der Waals surface area contributed by atoms with Crippen molar-refractivity contribution in [2.75, 3.05) is 18.2 Å². The summed E-state index contributed by atoms with van der Waals surface area (Å²) < 4.78 is 11.2. The van der Waals surface area contributed by atoms with E-state index in [4.69, 9.17) is 9.47 Å². The quantitative estimate of drug-likeness (QED) is 0.749. The van der Waals surface area contributed by atoms with Crippen LogP contribution in [0.2, 0.25) is 0 Å². The van der Waals surface area contributed by atoms with Gasteiger partial charge < -0.3 is 9.47 Å². The van der Waals surface area contributed by atoms with Gasteiger partial charge in [-0.05, 0) is 31.6 Å². The number of ether oxygens (including phenoxy) is 2. The van der Waals surface area contributed by atoms with Crippen LogP contribution in [0.25, 0.3) is 6.08 Å². The highest BCUT2D eigenvalue weighted by Crippen LogP contribution is 2.26. The van der Waals surface area contributed by atoms with Crippen LogP contribution in [0.4, 0.5) is 5.69 Å². The molecule has 0 amide bonds. The van der Waals surface area contributed by atoms with Crippen LogP contribution in [0.1, 0.15) is 19.4 Å². The molecule has 96 valence electrons. The van der Waals surface area contributed by atoms with Crippen LogP contribution >= 0.6 is 0 Å². The van der Waals surface area contributed by atoms with Crippen molar-refractivity contribution in [1.29, 1.82) is 0 Å². The number of para-hydroxylation sites is 1. The van der Waals surface area contributed by atoms with Gasteiger partial charge in [-0.15, -0.1) is 0 Å². The van der Waals surface area contributed by atoms with Gasteiger partial charge in [-0.3, -0.25) is 0 Å². The molecule has 0 radical (unpaired) electrons. The minimum absolute atomic E-state index is 0.489. The van der Waals surface area contributed by atoms with Gasteiger partial charge in [-0.25, -0.2) is 5.01 Å². The Morgan fingerprint density at radius 3 is 2.61 bits per heavy atom. The molecule has 0 unspecified atom stereocenters. The van der Waals surface area contributed by atoms with Crippen molar-refractivity contribution in [3.63, 3.8) is 0 Å². The molecule has 1 heterocycles. The first-order valence-electron chi connectivity index (χ1n) is 6.19. The minimum atomic E-state index is -0.489. The van der Waals surface area contributed by atoms with Gasteiger partial charge in [0.05, 0.1) is 5.69 Å². The van der Waals surface area contributed by atoms with Gasteiger partial charge in [0.25, 0.3) is 6.41 Å². The van der Waals surface area contributed by atoms with Crippen molar-refractivity contribution < 1.29 is 9.47 Å². The Hall–Kier alpha value is -1.65. The lowest BCUT2D eigenvalue weighted by Crippen LogP contribution is -2.36. The smallest absolute Gasteiger partial charge is 0.260 e. The molecule has 1 aromatic rings. The van der Waals surface area contributed by atoms with Gasteiger partial charge in [-0.2, -0.15) is 5.10 Å². The van der Waals surface area contributed by atoms with Crippen LogP contribution in [0.15, 0.2) is 35.4 Å². The highest BCUT2D eigenvalue weighted by molar-refractivity contribution is 5.84. The summed E-state index contributed by atoms with van der Waals surface area (Å²) in [6.45, 7) is 5.04. The fourth-order valence-corrected chi connectivity index (χ4v) is 1.80. The van der Waals surface area contributed by atoms with E-state index in [1.807, 2.05) is 50.3 Å². The molecular weight excluding hydrogens is 228 g/mol. The minimum Gasteiger partial charge on any atom is -0.334 e. The summed E-state index contributed by atoms with van der Waals surface area (Å²) in [7, 11) is 0. The third-order valence-corrected chi connectivity index (χ3v) is 2.55. The molecule has 0 atom stereocenters. The third kappa shape index (κ3) is 2.78. The molecule has 4 heteroatoms. The Labute approximate surface area is 108 Å². The van der Waals surface area contributed by atoms with Crippen LogP contribution in [0.3, 0.4) is 0 Å². The van der Waals surface area contributed by atoms with E-state index >= 15 is 0 Å². The molecule has 18 heavy (non-hydrogen) atoms. The zero-order chi connectivity index (χ0) is 12.8. The number of hydrazone groups is 1. The molecule has 4 nitrogen and oxygen atoms in total. The molecule has 0 spiro atoms. The fourth-order valence-electron chi connectivity index (χ4n) is 1.80. The summed E-state index contributed by atoms with van der Waals surface area (Å²) in [5.74, 6) is 0. The Bertz CT molecular complexity index is 437. The summed E-state index contributed by atoms with van der Waals surface area (Å²) in [6.07, 6.45) is 5.18. The number of hydrogen-bond donors (Lipinski definition) is 0. The lowest BCUT2D eigenvalue weighted by atomic mass is 10.1. The summed E-state index contributed by atoms with van der Waals surface area (Å²) in [4.78, 5) is 0. The lowest BCUT2D eigenvalue weighted by Gasteiger charge is -2.28. The second kappa shape index (κ2) is 6.33. The van der Waals surface area contributed by atoms with Crippen molar-refractivity contribution in [2.45, 2.75) is 20.3 Å². The van der Waals surface area contributed by atoms with Gasteiger partial charge in [0.1, 0.15) is 0 Å². The SMILES string of the molecule is CCOC(OCC)N1N=CC=Cc2ccccc21. The Balaban J connectivity index is 2.32. The first-order chi connectivity index (χ1) is 8.86. The van der Waals surface area contributed by atoms with Crippen LogP contribution in [0.5, 0.6) is 0 Å². The zero-order valence-electron chi connectivity index (χ0n) is 10.7. The average Bonchev–Trinajstić information content (AvgIpc) is 2.61. The second-order valence-corrected chi connectivity index (χ2v) is 3.74. The largest absolute Gasteiger partial charge is 0.334 e. The van der Waals surface area contributed by atoms with Crippen LogP contribution in [-0.2, 0) is 9.47 Å². The molecule has 0 bridgehead atoms. The van der Waals surface area contributed by atoms with E-state index in [1.165, 1.54) is 0 Å². The first-order valence-corrected chi connectivity index (χ1v) is 6.19. The Kier molecular flexibility index (Phi) is 4.50. The number of fused-ring (bicyclic) bond motifs is 1. The van der Waals surface area contributed by atoms with Crippen LogP contribution < -0.4 is 5.01 Å². The maximum atomic E-state index is 5.60. The second-order valence-electron chi connectivity index (χ2n) is 3.74. The molecule has 2 rings (SSSR count). The fraction of sp³-hybridized carbons (Fsp3) is 0.357. The van der Waals surface area contributed by atoms with E-state index in [0.717, 1.165) is 11.3 Å². The standard InChI is InChI=1S/C14H18N2O2/c1-3-17-14(18-4-2)16-13-10-6-5-8-12(13)9-7-11-15-16/h5-11,14H,3-4H2,1-2H3. The predicted octanol–water partition coefficient (Wildman–Crippen LogP) is 2.86. The molecule has 0 saturated carbocycles. The molecule has 0 fully saturated rings. The van der Waals surface area contributed by atoms with Crippen molar-refractivity contribution in [3.8, 4) is 0 Å². The zero-order valence-corrected chi connectivity index (χ0v) is 10.7. The molecule has 1 aliphatic rings. The molecule has 1 aliphatic heterocycles. The van der Waals surface area contributed by atoms with E-state index in [-0.39, 0.29) is 0 Å². The number of hydrogen-bond acceptors (Lipinski definition) is 4. The Morgan fingerprint density at radius 2 is 1.89 bits per heavy atom. The summed E-state index contributed by atoms with van der Waals surface area (Å²) in [5.41, 5.74) is 2.08. The molecule has 0 N–H and O–H groups in total. The predicted molar refractivity (Wildman–Crippen MR) is 73.5 cm³/mol. The number of benzene rings is 1. The lowest BCUT2D eigenvalue weighted by molar-refractivity contribution is -0.135. The third-order valence-electron chi connectivity index (χ3n) is 2.55. The number of rotatable bonds is 5. The Morgan fingerprint density at radius 1 is 1.17 bits per heavy atom. The summed E-state index contributed by atoms with van der Waals surface area (Å²) in [6, 6.07) is 8.04. The van der Waals surface area contributed by atoms with E-state index in [0.29, 0.717) is 13.2 Å². The van der Waals surface area contributed by atoms with Crippen molar-refractivity contribution >= 4 is 18.0 Å². The number of anilines is 1. The molecule has 0 aromatic heterocycles. The highest BCUT2D eigenvalue weighted by atomic mass is 16.7. The summed E-state index contributed by atoms with van der Waals surface area (Å²) in [5, 5.41) is 6.14. The van der Waals surface area contributed by atoms with Gasteiger partial charge in [-0.1, -0.05) is 24.3 Å². The molecule has 0 aliphatic carbocycles. The molecule has 0 saturated heterocycles. The van der Waals surface area contributed by atoms with E-state index in [1.54, 1.807) is 11.2 Å². The normalized spacial score (nSPS) is 13.8. The van der Waals surface area contributed by atoms with E-state index in [2.05, 4.69) is 5.10 Å². The van der Waals surface area contributed by atoms with Crippen LogP contribution in [0, 0.1) is 0 Å². The van der Waals surface area contributed by atoms with Crippen molar-refractivity contribution in [2.24, 2.45) is 5.10 Å². The van der Waals surface area contributed by atoms with Gasteiger partial charge in [0, 0.05) is 19.4 Å². The number of allylic oxidation sites excluding steroid dienone is 1. The molecule has 1 aromatic carbocycles. The average molecular weight is 246 g/mol. The van der Waals surface area contributed by atoms with E-state index < -0.39 is 6.41 Å². The van der Waals surface area contributed by atoms with Crippen molar-refractivity contribution in [3.05, 3.63) is 35.9 Å². The van der Waals surface area contributed by atoms with Gasteiger partial charge in [0.15, 0.2) is 0 Å². The topological polar surface area (TPSA) is 34.1 Å². The maximum absolute atomic E-state index is 5.60. The maximum Gasteiger partial charge on any atom is 0.260 e. The first kappa shape index (κ1) is 12.8. The highest BCUT2D eigenvalue weighted by Gasteiger charge is 2.21. The van der Waals surface area contributed by atoms with E-state index in [9.17, 15) is 0 Å². The van der Waals surface area contributed by atoms with Gasteiger partial charge in [0.2, 0.25) is 0 Å². The van der Waals surface area contributed by atoms with Gasteiger partial charge >= 0.3 is 0 Å². The van der Waals surface area contributed by atoms with Crippen molar-refractivity contribution in [1.82, 2.24) is 0 Å². The molecular formula is C14H18N2O2. The van der Waals surface area contributed by atoms with Crippen LogP contribution in [-0.4, -0.2) is 25.8 Å². The summed E-state index contributed by atoms with van der Waals surface area (Å²) >= 11 is 0. The monoisotopic (exact) mass is 246 g/mol.